The minimum absolute atomic E-state index is 0.591. The van der Waals surface area contributed by atoms with E-state index in [1.54, 1.807) is 7.11 Å². The summed E-state index contributed by atoms with van der Waals surface area (Å²) in [6, 6.07) is 19.7. The lowest BCUT2D eigenvalue weighted by atomic mass is 9.93. The number of para-hydroxylation sites is 1. The van der Waals surface area contributed by atoms with Crippen molar-refractivity contribution in [2.45, 2.75) is 38.1 Å². The van der Waals surface area contributed by atoms with Crippen molar-refractivity contribution in [1.29, 1.82) is 0 Å². The normalized spacial score (nSPS) is 15.7. The number of benzene rings is 2. The van der Waals surface area contributed by atoms with Crippen molar-refractivity contribution in [2.75, 3.05) is 12.0 Å². The summed E-state index contributed by atoms with van der Waals surface area (Å²) >= 11 is 0. The molecule has 2 aromatic carbocycles. The van der Waals surface area contributed by atoms with Gasteiger partial charge < -0.3 is 9.64 Å². The summed E-state index contributed by atoms with van der Waals surface area (Å²) in [5, 5.41) is 0. The van der Waals surface area contributed by atoms with E-state index in [0.29, 0.717) is 6.04 Å². The van der Waals surface area contributed by atoms with E-state index >= 15 is 0 Å². The van der Waals surface area contributed by atoms with Gasteiger partial charge in [-0.25, -0.2) is 0 Å². The highest BCUT2D eigenvalue weighted by molar-refractivity contribution is 5.65. The Morgan fingerprint density at radius 3 is 2.29 bits per heavy atom. The van der Waals surface area contributed by atoms with Gasteiger partial charge in [0.05, 0.1) is 7.11 Å². The summed E-state index contributed by atoms with van der Waals surface area (Å²) < 4.78 is 5.40. The SMILES string of the molecule is COc1cccc(N(c2ccccc2)C2CCCCC2)c1. The molecule has 0 spiro atoms. The maximum Gasteiger partial charge on any atom is 0.120 e. The van der Waals surface area contributed by atoms with Crippen molar-refractivity contribution in [1.82, 2.24) is 0 Å². The number of ether oxygens (including phenoxy) is 1. The lowest BCUT2D eigenvalue weighted by Gasteiger charge is -2.36. The van der Waals surface area contributed by atoms with Gasteiger partial charge in [-0.15, -0.1) is 0 Å². The summed E-state index contributed by atoms with van der Waals surface area (Å²) in [5.74, 6) is 0.921. The van der Waals surface area contributed by atoms with Crippen LogP contribution in [0.4, 0.5) is 11.4 Å². The Balaban J connectivity index is 1.98. The molecule has 110 valence electrons. The van der Waals surface area contributed by atoms with Gasteiger partial charge in [0, 0.05) is 23.5 Å². The molecule has 0 heterocycles. The van der Waals surface area contributed by atoms with Crippen LogP contribution < -0.4 is 9.64 Å². The summed E-state index contributed by atoms with van der Waals surface area (Å²) in [6.45, 7) is 0. The van der Waals surface area contributed by atoms with Crippen LogP contribution in [0.1, 0.15) is 32.1 Å². The Hall–Kier alpha value is -1.96. The van der Waals surface area contributed by atoms with Gasteiger partial charge in [-0.3, -0.25) is 0 Å². The minimum Gasteiger partial charge on any atom is -0.497 e. The summed E-state index contributed by atoms with van der Waals surface area (Å²) in [4.78, 5) is 2.49. The monoisotopic (exact) mass is 281 g/mol. The third kappa shape index (κ3) is 3.21. The molecule has 0 bridgehead atoms. The number of hydrogen-bond donors (Lipinski definition) is 0. The predicted octanol–water partition coefficient (Wildman–Crippen LogP) is 5.17. The Kier molecular flexibility index (Phi) is 4.44. The second-order valence-electron chi connectivity index (χ2n) is 5.70. The molecule has 1 fully saturated rings. The van der Waals surface area contributed by atoms with Crippen molar-refractivity contribution in [2.24, 2.45) is 0 Å². The molecular weight excluding hydrogens is 258 g/mol. The fourth-order valence-corrected chi connectivity index (χ4v) is 3.26. The van der Waals surface area contributed by atoms with E-state index in [-0.39, 0.29) is 0 Å². The lowest BCUT2D eigenvalue weighted by Crippen LogP contribution is -2.32. The Labute approximate surface area is 127 Å². The Bertz CT molecular complexity index is 561. The summed E-state index contributed by atoms with van der Waals surface area (Å²) in [5.41, 5.74) is 2.50. The molecule has 0 amide bonds. The van der Waals surface area contributed by atoms with Crippen LogP contribution in [0.15, 0.2) is 54.6 Å². The second kappa shape index (κ2) is 6.66. The zero-order valence-corrected chi connectivity index (χ0v) is 12.7. The van der Waals surface area contributed by atoms with Crippen molar-refractivity contribution < 1.29 is 4.74 Å². The van der Waals surface area contributed by atoms with Crippen LogP contribution in [0, 0.1) is 0 Å². The first-order valence-corrected chi connectivity index (χ1v) is 7.87. The smallest absolute Gasteiger partial charge is 0.120 e. The van der Waals surface area contributed by atoms with Gasteiger partial charge >= 0.3 is 0 Å². The van der Waals surface area contributed by atoms with E-state index in [0.717, 1.165) is 5.75 Å². The van der Waals surface area contributed by atoms with Crippen LogP contribution in [-0.4, -0.2) is 13.2 Å². The van der Waals surface area contributed by atoms with E-state index in [4.69, 9.17) is 4.74 Å². The van der Waals surface area contributed by atoms with E-state index in [1.807, 2.05) is 6.07 Å². The molecule has 3 rings (SSSR count). The third-order valence-corrected chi connectivity index (χ3v) is 4.31. The van der Waals surface area contributed by atoms with Crippen LogP contribution in [0.2, 0.25) is 0 Å². The number of rotatable bonds is 4. The first-order valence-electron chi connectivity index (χ1n) is 7.87. The standard InChI is InChI=1S/C19H23NO/c1-21-19-14-8-13-18(15-19)20(16-9-4-2-5-10-16)17-11-6-3-7-12-17/h2,4-5,8-10,13-15,17H,3,6-7,11-12H2,1H3. The minimum atomic E-state index is 0.591. The molecule has 0 unspecified atom stereocenters. The maximum absolute atomic E-state index is 5.40. The maximum atomic E-state index is 5.40. The molecule has 0 radical (unpaired) electrons. The first kappa shape index (κ1) is 14.0. The molecule has 0 aliphatic heterocycles. The van der Waals surface area contributed by atoms with Crippen LogP contribution in [0.25, 0.3) is 0 Å². The number of nitrogens with zero attached hydrogens (tertiary/aromatic N) is 1. The molecule has 1 aliphatic rings. The highest BCUT2D eigenvalue weighted by atomic mass is 16.5. The van der Waals surface area contributed by atoms with Crippen LogP contribution in [-0.2, 0) is 0 Å². The molecule has 0 aromatic heterocycles. The molecule has 2 nitrogen and oxygen atoms in total. The Morgan fingerprint density at radius 1 is 0.857 bits per heavy atom. The molecule has 0 atom stereocenters. The van der Waals surface area contributed by atoms with Gasteiger partial charge in [0.25, 0.3) is 0 Å². The van der Waals surface area contributed by atoms with Gasteiger partial charge in [-0.05, 0) is 37.1 Å². The average molecular weight is 281 g/mol. The van der Waals surface area contributed by atoms with Crippen molar-refractivity contribution in [3.05, 3.63) is 54.6 Å². The third-order valence-electron chi connectivity index (χ3n) is 4.31. The van der Waals surface area contributed by atoms with Gasteiger partial charge in [0.2, 0.25) is 0 Å². The largest absolute Gasteiger partial charge is 0.497 e. The van der Waals surface area contributed by atoms with Gasteiger partial charge in [-0.1, -0.05) is 43.5 Å². The highest BCUT2D eigenvalue weighted by Crippen LogP contribution is 2.35. The van der Waals surface area contributed by atoms with Crippen LogP contribution >= 0.6 is 0 Å². The molecule has 2 aromatic rings. The van der Waals surface area contributed by atoms with E-state index in [2.05, 4.69) is 53.4 Å². The quantitative estimate of drug-likeness (QED) is 0.767. The molecule has 0 N–H and O–H groups in total. The van der Waals surface area contributed by atoms with Crippen LogP contribution in [0.3, 0.4) is 0 Å². The van der Waals surface area contributed by atoms with Gasteiger partial charge in [0.15, 0.2) is 0 Å². The van der Waals surface area contributed by atoms with Gasteiger partial charge in [-0.2, -0.15) is 0 Å². The fourth-order valence-electron chi connectivity index (χ4n) is 3.26. The average Bonchev–Trinajstić information content (AvgIpc) is 2.57. The fraction of sp³-hybridized carbons (Fsp3) is 0.368. The molecule has 21 heavy (non-hydrogen) atoms. The van der Waals surface area contributed by atoms with Crippen molar-refractivity contribution >= 4 is 11.4 Å². The van der Waals surface area contributed by atoms with Gasteiger partial charge in [0.1, 0.15) is 5.75 Å². The van der Waals surface area contributed by atoms with E-state index < -0.39 is 0 Å². The van der Waals surface area contributed by atoms with E-state index in [1.165, 1.54) is 43.5 Å². The highest BCUT2D eigenvalue weighted by Gasteiger charge is 2.23. The number of methoxy groups -OCH3 is 1. The Morgan fingerprint density at radius 2 is 1.57 bits per heavy atom. The molecule has 2 heteroatoms. The van der Waals surface area contributed by atoms with Crippen LogP contribution in [0.5, 0.6) is 5.75 Å². The molecule has 0 saturated heterocycles. The summed E-state index contributed by atoms with van der Waals surface area (Å²) in [6.07, 6.45) is 6.57. The van der Waals surface area contributed by atoms with E-state index in [9.17, 15) is 0 Å². The number of hydrogen-bond acceptors (Lipinski definition) is 2. The number of anilines is 2. The second-order valence-corrected chi connectivity index (χ2v) is 5.70. The first-order chi connectivity index (χ1) is 10.4. The molecule has 1 aliphatic carbocycles. The predicted molar refractivity (Wildman–Crippen MR) is 88.4 cm³/mol. The zero-order chi connectivity index (χ0) is 14.5. The topological polar surface area (TPSA) is 12.5 Å². The van der Waals surface area contributed by atoms with Crippen molar-refractivity contribution in [3.63, 3.8) is 0 Å². The summed E-state index contributed by atoms with van der Waals surface area (Å²) in [7, 11) is 1.73. The molecule has 1 saturated carbocycles. The molecular formula is C19H23NO. The lowest BCUT2D eigenvalue weighted by molar-refractivity contribution is 0.413. The zero-order valence-electron chi connectivity index (χ0n) is 12.7. The van der Waals surface area contributed by atoms with Crippen molar-refractivity contribution in [3.8, 4) is 5.75 Å².